The van der Waals surface area contributed by atoms with Crippen LogP contribution in [0.3, 0.4) is 0 Å². The van der Waals surface area contributed by atoms with Crippen LogP contribution in [0.4, 0.5) is 16.8 Å². The number of rotatable bonds is 3. The highest BCUT2D eigenvalue weighted by atomic mass is 79.9. The van der Waals surface area contributed by atoms with Gasteiger partial charge in [-0.05, 0) is 40.7 Å². The van der Waals surface area contributed by atoms with Crippen LogP contribution in [-0.4, -0.2) is 4.98 Å². The van der Waals surface area contributed by atoms with Crippen molar-refractivity contribution in [1.82, 2.24) is 4.98 Å². The average Bonchev–Trinajstić information content (AvgIpc) is 3.15. The molecule has 4 rings (SSSR count). The number of nitrogens with two attached hydrogens (primary N) is 1. The Morgan fingerprint density at radius 2 is 1.73 bits per heavy atom. The molecule has 2 heterocycles. The van der Waals surface area contributed by atoms with Crippen molar-refractivity contribution < 1.29 is 21.5 Å². The van der Waals surface area contributed by atoms with E-state index >= 15 is 0 Å². The van der Waals surface area contributed by atoms with Crippen molar-refractivity contribution in [3.63, 3.8) is 0 Å². The second-order valence-electron chi connectivity index (χ2n) is 5.60. The van der Waals surface area contributed by atoms with Crippen LogP contribution in [0, 0.1) is 0 Å². The first kappa shape index (κ1) is 18.6. The van der Waals surface area contributed by atoms with Crippen LogP contribution in [0.15, 0.2) is 64.1 Å². The summed E-state index contributed by atoms with van der Waals surface area (Å²) in [5.41, 5.74) is 8.14. The third-order valence-electron chi connectivity index (χ3n) is 4.03. The molecular weight excluding hydrogens is 434 g/mol. The average molecular weight is 449 g/mol. The Kier molecular flexibility index (Phi) is 5.41. The van der Waals surface area contributed by atoms with Gasteiger partial charge in [0.05, 0.1) is 12.2 Å². The number of halogens is 2. The van der Waals surface area contributed by atoms with Crippen molar-refractivity contribution in [3.8, 4) is 11.3 Å². The number of hydrogen-bond acceptors (Lipinski definition) is 4. The summed E-state index contributed by atoms with van der Waals surface area (Å²) in [4.78, 5) is 3.09. The lowest BCUT2D eigenvalue weighted by molar-refractivity contribution is -0.643. The lowest BCUT2D eigenvalue weighted by Crippen LogP contribution is -3.00. The molecule has 0 spiro atoms. The predicted octanol–water partition coefficient (Wildman–Crippen LogP) is 2.38. The number of H-pyrrole nitrogens is 1. The molecule has 0 aliphatic carbocycles. The summed E-state index contributed by atoms with van der Waals surface area (Å²) >= 11 is 7.49. The Morgan fingerprint density at radius 3 is 2.46 bits per heavy atom. The Bertz CT molecular complexity index is 1080. The van der Waals surface area contributed by atoms with E-state index in [1.165, 1.54) is 11.3 Å². The molecule has 8 heteroatoms. The molecular formula is C18H15BrClN5S. The number of aromatic amines is 1. The van der Waals surface area contributed by atoms with Crippen LogP contribution in [0.1, 0.15) is 0 Å². The number of fused-ring (bicyclic) bond motifs is 1. The smallest absolute Gasteiger partial charge is 0.408 e. The number of nitrogen functional groups attached to an aromatic ring is 1. The van der Waals surface area contributed by atoms with Crippen LogP contribution >= 0.6 is 22.9 Å². The zero-order valence-electron chi connectivity index (χ0n) is 13.8. The van der Waals surface area contributed by atoms with E-state index in [0.29, 0.717) is 11.6 Å². The van der Waals surface area contributed by atoms with Crippen molar-refractivity contribution in [2.24, 2.45) is 17.3 Å². The van der Waals surface area contributed by atoms with Crippen LogP contribution < -0.4 is 27.3 Å². The van der Waals surface area contributed by atoms with E-state index in [0.717, 1.165) is 32.2 Å². The van der Waals surface area contributed by atoms with Crippen molar-refractivity contribution in [2.75, 3.05) is 5.73 Å². The summed E-state index contributed by atoms with van der Waals surface area (Å²) < 4.78 is 2.01. The Balaban J connectivity index is 0.00000196. The Morgan fingerprint density at radius 1 is 1.04 bits per heavy atom. The molecule has 5 nitrogen and oxygen atoms in total. The highest BCUT2D eigenvalue weighted by Gasteiger charge is 2.17. The van der Waals surface area contributed by atoms with E-state index in [9.17, 15) is 0 Å². The van der Waals surface area contributed by atoms with E-state index in [4.69, 9.17) is 17.3 Å². The maximum Gasteiger partial charge on any atom is 0.408 e. The summed E-state index contributed by atoms with van der Waals surface area (Å²) in [5, 5.41) is 14.2. The molecule has 0 radical (unpaired) electrons. The molecule has 132 valence electrons. The number of nitrogens with one attached hydrogen (secondary N) is 1. The standard InChI is InChI=1S/C18H14ClN5S.BrH/c1-24-15(11-6-8-12(19)9-7-11)10-25-18(24)23-22-17-14-5-3-2-4-13(14)16(20)21-17;/h2-10H,1H3,(H2,20,21,22);1H. The Labute approximate surface area is 169 Å². The topological polar surface area (TPSA) is 70.4 Å². The van der Waals surface area contributed by atoms with Gasteiger partial charge in [-0.25, -0.2) is 4.57 Å². The molecule has 0 atom stereocenters. The maximum absolute atomic E-state index is 6.00. The summed E-state index contributed by atoms with van der Waals surface area (Å²) in [6, 6.07) is 15.6. The van der Waals surface area contributed by atoms with E-state index < -0.39 is 0 Å². The molecule has 2 aromatic heterocycles. The third kappa shape index (κ3) is 3.38. The number of hydrogen-bond donors (Lipinski definition) is 2. The minimum absolute atomic E-state index is 0. The zero-order valence-corrected chi connectivity index (χ0v) is 16.9. The van der Waals surface area contributed by atoms with E-state index in [-0.39, 0.29) is 17.0 Å². The first-order valence-electron chi connectivity index (χ1n) is 7.65. The van der Waals surface area contributed by atoms with Gasteiger partial charge in [0.25, 0.3) is 0 Å². The minimum atomic E-state index is 0. The Hall–Kier alpha value is -2.22. The molecule has 0 amide bonds. The van der Waals surface area contributed by atoms with Gasteiger partial charge < -0.3 is 27.7 Å². The maximum atomic E-state index is 6.00. The van der Waals surface area contributed by atoms with Crippen molar-refractivity contribution in [2.45, 2.75) is 0 Å². The van der Waals surface area contributed by atoms with Crippen molar-refractivity contribution in [3.05, 3.63) is 58.9 Å². The van der Waals surface area contributed by atoms with Gasteiger partial charge in [0.15, 0.2) is 5.82 Å². The number of benzene rings is 2. The van der Waals surface area contributed by atoms with Gasteiger partial charge in [-0.3, -0.25) is 0 Å². The zero-order chi connectivity index (χ0) is 17.4. The lowest BCUT2D eigenvalue weighted by Gasteiger charge is -1.97. The summed E-state index contributed by atoms with van der Waals surface area (Å²) in [5.74, 6) is 1.26. The largest absolute Gasteiger partial charge is 1.00 e. The van der Waals surface area contributed by atoms with Crippen molar-refractivity contribution in [1.29, 1.82) is 0 Å². The molecule has 2 aromatic carbocycles. The minimum Gasteiger partial charge on any atom is -1.00 e. The van der Waals surface area contributed by atoms with Gasteiger partial charge in [0.1, 0.15) is 11.5 Å². The van der Waals surface area contributed by atoms with Gasteiger partial charge in [0.2, 0.25) is 0 Å². The molecule has 0 saturated heterocycles. The van der Waals surface area contributed by atoms with E-state index in [1.807, 2.05) is 60.1 Å². The fraction of sp³-hybridized carbons (Fsp3) is 0.0556. The molecule has 26 heavy (non-hydrogen) atoms. The summed E-state index contributed by atoms with van der Waals surface area (Å²) in [6.07, 6.45) is 0. The summed E-state index contributed by atoms with van der Waals surface area (Å²) in [6.45, 7) is 0. The molecule has 0 fully saturated rings. The highest BCUT2D eigenvalue weighted by Crippen LogP contribution is 2.32. The quantitative estimate of drug-likeness (QED) is 0.367. The first-order chi connectivity index (χ1) is 12.1. The normalized spacial score (nSPS) is 11.2. The molecule has 0 unspecified atom stereocenters. The monoisotopic (exact) mass is 447 g/mol. The number of anilines is 1. The van der Waals surface area contributed by atoms with Gasteiger partial charge in [-0.15, -0.1) is 0 Å². The number of aromatic nitrogens is 2. The molecule has 0 aliphatic heterocycles. The predicted molar refractivity (Wildman–Crippen MR) is 103 cm³/mol. The van der Waals surface area contributed by atoms with E-state index in [2.05, 4.69) is 20.6 Å². The summed E-state index contributed by atoms with van der Waals surface area (Å²) in [7, 11) is 1.97. The fourth-order valence-corrected chi connectivity index (χ4v) is 3.68. The fourth-order valence-electron chi connectivity index (χ4n) is 2.70. The molecule has 0 bridgehead atoms. The second-order valence-corrected chi connectivity index (χ2v) is 6.88. The van der Waals surface area contributed by atoms with Gasteiger partial charge in [-0.2, -0.15) is 0 Å². The second kappa shape index (κ2) is 7.57. The SMILES string of the molecule is C[n+]1c(-c2ccc(Cl)cc2)csc1/N=N/c1[nH]c(N)c2ccccc12.[Br-]. The number of thiazole rings is 1. The first-order valence-corrected chi connectivity index (χ1v) is 8.90. The van der Waals surface area contributed by atoms with Crippen LogP contribution in [0.2, 0.25) is 5.02 Å². The van der Waals surface area contributed by atoms with Gasteiger partial charge in [-0.1, -0.05) is 35.9 Å². The molecule has 0 saturated carbocycles. The van der Waals surface area contributed by atoms with Crippen molar-refractivity contribution >= 4 is 50.5 Å². The molecule has 3 N–H and O–H groups in total. The van der Waals surface area contributed by atoms with Crippen LogP contribution in [0.5, 0.6) is 0 Å². The molecule has 4 aromatic rings. The van der Waals surface area contributed by atoms with E-state index in [1.54, 1.807) is 0 Å². The lowest BCUT2D eigenvalue weighted by atomic mass is 10.2. The third-order valence-corrected chi connectivity index (χ3v) is 5.18. The van der Waals surface area contributed by atoms with Gasteiger partial charge in [0, 0.05) is 26.7 Å². The molecule has 0 aliphatic rings. The van der Waals surface area contributed by atoms with Gasteiger partial charge >= 0.3 is 5.13 Å². The number of azo groups is 1. The highest BCUT2D eigenvalue weighted by molar-refractivity contribution is 7.13. The number of nitrogens with zero attached hydrogens (tertiary/aromatic N) is 3. The van der Waals surface area contributed by atoms with Crippen LogP contribution in [-0.2, 0) is 7.05 Å². The van der Waals surface area contributed by atoms with Crippen LogP contribution in [0.25, 0.3) is 22.0 Å².